The molecule has 0 saturated carbocycles. The van der Waals surface area contributed by atoms with Crippen LogP contribution < -0.4 is 5.43 Å². The highest BCUT2D eigenvalue weighted by molar-refractivity contribution is 7.99. The van der Waals surface area contributed by atoms with Gasteiger partial charge in [-0.15, -0.1) is 10.2 Å². The zero-order valence-electron chi connectivity index (χ0n) is 11.0. The normalized spacial score (nSPS) is 16.5. The summed E-state index contributed by atoms with van der Waals surface area (Å²) in [7, 11) is 0. The molecule has 0 fully saturated rings. The van der Waals surface area contributed by atoms with Gasteiger partial charge < -0.3 is 10.5 Å². The molecule has 3 aromatic rings. The number of aromatic nitrogens is 3. The minimum atomic E-state index is -0.0702. The van der Waals surface area contributed by atoms with Crippen molar-refractivity contribution in [1.29, 1.82) is 0 Å². The van der Waals surface area contributed by atoms with Crippen molar-refractivity contribution >= 4 is 11.8 Å². The second-order valence-electron chi connectivity index (χ2n) is 4.69. The number of nitrogens with zero attached hydrogens (tertiary/aromatic N) is 3. The van der Waals surface area contributed by atoms with Gasteiger partial charge in [0.05, 0.1) is 0 Å². The third-order valence-corrected chi connectivity index (χ3v) is 4.42. The summed E-state index contributed by atoms with van der Waals surface area (Å²) >= 11 is 1.54. The molecule has 0 bridgehead atoms. The summed E-state index contributed by atoms with van der Waals surface area (Å²) in [5, 5.41) is 19.1. The molecule has 5 nitrogen and oxygen atoms in total. The molecular formula is C15H12N4OS. The second kappa shape index (κ2) is 4.82. The molecule has 1 atom stereocenters. The lowest BCUT2D eigenvalue weighted by atomic mass is 10.2. The summed E-state index contributed by atoms with van der Waals surface area (Å²) in [6.45, 7) is 0. The molecule has 0 saturated heterocycles. The van der Waals surface area contributed by atoms with E-state index in [4.69, 9.17) is 0 Å². The van der Waals surface area contributed by atoms with E-state index in [-0.39, 0.29) is 11.1 Å². The average molecular weight is 296 g/mol. The van der Waals surface area contributed by atoms with Gasteiger partial charge in [-0.05, 0) is 6.07 Å². The van der Waals surface area contributed by atoms with E-state index in [1.807, 2.05) is 53.2 Å². The highest BCUT2D eigenvalue weighted by Gasteiger charge is 2.29. The smallest absolute Gasteiger partial charge is 0.212 e. The van der Waals surface area contributed by atoms with Gasteiger partial charge in [0.1, 0.15) is 11.1 Å². The Morgan fingerprint density at radius 2 is 1.76 bits per heavy atom. The summed E-state index contributed by atoms with van der Waals surface area (Å²) in [5.41, 5.74) is 5.18. The quantitative estimate of drug-likeness (QED) is 0.761. The van der Waals surface area contributed by atoms with E-state index in [1.54, 1.807) is 6.07 Å². The van der Waals surface area contributed by atoms with Crippen LogP contribution in [0.4, 0.5) is 0 Å². The minimum absolute atomic E-state index is 0.0702. The zero-order chi connectivity index (χ0) is 14.2. The van der Waals surface area contributed by atoms with Gasteiger partial charge >= 0.3 is 0 Å². The number of phenolic OH excluding ortho intramolecular Hbond substituents is 1. The summed E-state index contributed by atoms with van der Waals surface area (Å²) in [4.78, 5) is 0. The maximum Gasteiger partial charge on any atom is 0.212 e. The van der Waals surface area contributed by atoms with Crippen molar-refractivity contribution in [3.05, 3.63) is 60.2 Å². The molecule has 0 unspecified atom stereocenters. The van der Waals surface area contributed by atoms with Crippen molar-refractivity contribution in [3.63, 3.8) is 0 Å². The summed E-state index contributed by atoms with van der Waals surface area (Å²) in [6.07, 6.45) is 0. The fourth-order valence-corrected chi connectivity index (χ4v) is 3.36. The highest BCUT2D eigenvalue weighted by atomic mass is 32.2. The Bertz CT molecular complexity index is 787. The van der Waals surface area contributed by atoms with Gasteiger partial charge in [-0.25, -0.2) is 4.68 Å². The number of hydrogen-bond acceptors (Lipinski definition) is 5. The molecule has 1 aromatic heterocycles. The van der Waals surface area contributed by atoms with Crippen LogP contribution in [0, 0.1) is 0 Å². The van der Waals surface area contributed by atoms with E-state index in [2.05, 4.69) is 15.6 Å². The average Bonchev–Trinajstić information content (AvgIpc) is 3.08. The summed E-state index contributed by atoms with van der Waals surface area (Å²) in [6, 6.07) is 17.2. The van der Waals surface area contributed by atoms with E-state index in [0.29, 0.717) is 0 Å². The standard InChI is InChI=1S/C15H12N4OS/c20-12-9-5-4-8-11(12)14-18-19-13(16-17-15(19)21-14)10-6-2-1-3-7-10/h1-9,14,18,20H/t14-/m1/s1. The molecule has 0 spiro atoms. The molecule has 0 aliphatic carbocycles. The van der Waals surface area contributed by atoms with Crippen LogP contribution in [0.25, 0.3) is 11.4 Å². The first-order valence-corrected chi connectivity index (χ1v) is 7.43. The Morgan fingerprint density at radius 3 is 2.57 bits per heavy atom. The van der Waals surface area contributed by atoms with Crippen molar-refractivity contribution < 1.29 is 5.11 Å². The number of thioether (sulfide) groups is 1. The topological polar surface area (TPSA) is 63.0 Å². The molecule has 0 amide bonds. The molecule has 104 valence electrons. The number of phenols is 1. The van der Waals surface area contributed by atoms with Crippen molar-refractivity contribution in [1.82, 2.24) is 14.9 Å². The van der Waals surface area contributed by atoms with E-state index >= 15 is 0 Å². The van der Waals surface area contributed by atoms with E-state index in [9.17, 15) is 5.11 Å². The van der Waals surface area contributed by atoms with Gasteiger partial charge in [-0.1, -0.05) is 60.3 Å². The van der Waals surface area contributed by atoms with Gasteiger partial charge in [0.15, 0.2) is 5.82 Å². The largest absolute Gasteiger partial charge is 0.508 e. The number of aromatic hydroxyl groups is 1. The third-order valence-electron chi connectivity index (χ3n) is 3.35. The molecule has 2 N–H and O–H groups in total. The molecule has 21 heavy (non-hydrogen) atoms. The zero-order valence-corrected chi connectivity index (χ0v) is 11.8. The number of nitrogens with one attached hydrogen (secondary N) is 1. The van der Waals surface area contributed by atoms with Crippen LogP contribution in [0.3, 0.4) is 0 Å². The fourth-order valence-electron chi connectivity index (χ4n) is 2.33. The lowest BCUT2D eigenvalue weighted by Gasteiger charge is -2.13. The highest BCUT2D eigenvalue weighted by Crippen LogP contribution is 2.42. The lowest BCUT2D eigenvalue weighted by molar-refractivity contribution is 0.468. The van der Waals surface area contributed by atoms with Crippen LogP contribution in [0.1, 0.15) is 10.9 Å². The number of fused-ring (bicyclic) bond motifs is 1. The van der Waals surface area contributed by atoms with Crippen molar-refractivity contribution in [3.8, 4) is 17.1 Å². The van der Waals surface area contributed by atoms with Crippen LogP contribution in [0.2, 0.25) is 0 Å². The fraction of sp³-hybridized carbons (Fsp3) is 0.0667. The van der Waals surface area contributed by atoms with Gasteiger partial charge in [-0.3, -0.25) is 0 Å². The molecule has 1 aliphatic rings. The van der Waals surface area contributed by atoms with Gasteiger partial charge in [-0.2, -0.15) is 0 Å². The maximum atomic E-state index is 9.98. The molecule has 1 aliphatic heterocycles. The van der Waals surface area contributed by atoms with E-state index in [0.717, 1.165) is 22.1 Å². The SMILES string of the molecule is Oc1ccccc1[C@@H]1Nn2c(nnc2-c2ccccc2)S1. The maximum absolute atomic E-state index is 9.98. The molecule has 6 heteroatoms. The summed E-state index contributed by atoms with van der Waals surface area (Å²) in [5.74, 6) is 1.05. The Morgan fingerprint density at radius 1 is 1.00 bits per heavy atom. The number of para-hydroxylation sites is 1. The number of rotatable bonds is 2. The monoisotopic (exact) mass is 296 g/mol. The Labute approximate surface area is 125 Å². The first kappa shape index (κ1) is 12.3. The molecular weight excluding hydrogens is 284 g/mol. The van der Waals surface area contributed by atoms with Crippen LogP contribution in [0.15, 0.2) is 59.8 Å². The van der Waals surface area contributed by atoms with E-state index < -0.39 is 0 Å². The number of hydrogen-bond donors (Lipinski definition) is 2. The predicted molar refractivity (Wildman–Crippen MR) is 81.5 cm³/mol. The van der Waals surface area contributed by atoms with E-state index in [1.165, 1.54) is 11.8 Å². The predicted octanol–water partition coefficient (Wildman–Crippen LogP) is 3.00. The minimum Gasteiger partial charge on any atom is -0.508 e. The molecule has 2 aromatic carbocycles. The van der Waals surface area contributed by atoms with Gasteiger partial charge in [0.25, 0.3) is 0 Å². The molecule has 2 heterocycles. The van der Waals surface area contributed by atoms with Crippen molar-refractivity contribution in [2.24, 2.45) is 0 Å². The Hall–Kier alpha value is -2.47. The van der Waals surface area contributed by atoms with Crippen LogP contribution in [-0.4, -0.2) is 20.0 Å². The van der Waals surface area contributed by atoms with Crippen molar-refractivity contribution in [2.75, 3.05) is 5.43 Å². The molecule has 0 radical (unpaired) electrons. The van der Waals surface area contributed by atoms with Crippen LogP contribution in [0.5, 0.6) is 5.75 Å². The first-order valence-electron chi connectivity index (χ1n) is 6.55. The Balaban J connectivity index is 1.70. The Kier molecular flexibility index (Phi) is 2.82. The second-order valence-corrected chi connectivity index (χ2v) is 5.77. The van der Waals surface area contributed by atoms with Crippen molar-refractivity contribution in [2.45, 2.75) is 10.5 Å². The van der Waals surface area contributed by atoms with Crippen LogP contribution in [-0.2, 0) is 0 Å². The number of benzene rings is 2. The van der Waals surface area contributed by atoms with Crippen LogP contribution >= 0.6 is 11.8 Å². The van der Waals surface area contributed by atoms with Gasteiger partial charge in [0, 0.05) is 11.1 Å². The lowest BCUT2D eigenvalue weighted by Crippen LogP contribution is -2.13. The third kappa shape index (κ3) is 2.04. The van der Waals surface area contributed by atoms with Gasteiger partial charge in [0.2, 0.25) is 5.16 Å². The first-order chi connectivity index (χ1) is 10.3. The summed E-state index contributed by atoms with van der Waals surface area (Å²) < 4.78 is 1.87. The molecule has 4 rings (SSSR count).